The maximum atomic E-state index is 11.9. The Morgan fingerprint density at radius 1 is 1.39 bits per heavy atom. The predicted octanol–water partition coefficient (Wildman–Crippen LogP) is 1.36. The van der Waals surface area contributed by atoms with Gasteiger partial charge in [0, 0.05) is 6.54 Å². The highest BCUT2D eigenvalue weighted by molar-refractivity contribution is 7.99. The summed E-state index contributed by atoms with van der Waals surface area (Å²) in [6, 6.07) is 7.95. The quantitative estimate of drug-likeness (QED) is 0.484. The Hall–Kier alpha value is -2.61. The van der Waals surface area contributed by atoms with Gasteiger partial charge >= 0.3 is 0 Å². The molecule has 0 aliphatic heterocycles. The first-order valence-electron chi connectivity index (χ1n) is 7.00. The number of carbonyl (C=O) groups excluding carboxylic acids is 1. The Bertz CT molecular complexity index is 902. The standard InChI is InChI=1S/C15H15N5O2S/c1-9-3-2-4-10(5-9)6-16-11(21)7-23-15-19-13-12(14(22)20-15)17-8-18-13/h2-5,8H,6-7H2,1H3,(H,16,21)(H2,17,18,19,20,22). The number of carbonyl (C=O) groups is 1. The van der Waals surface area contributed by atoms with E-state index < -0.39 is 0 Å². The number of hydrogen-bond donors (Lipinski definition) is 3. The van der Waals surface area contributed by atoms with Gasteiger partial charge in [-0.05, 0) is 12.5 Å². The highest BCUT2D eigenvalue weighted by Gasteiger charge is 2.08. The van der Waals surface area contributed by atoms with Crippen LogP contribution in [-0.2, 0) is 11.3 Å². The smallest absolute Gasteiger partial charge is 0.277 e. The van der Waals surface area contributed by atoms with E-state index in [0.717, 1.165) is 11.1 Å². The SMILES string of the molecule is Cc1cccc(CNC(=O)CSc2nc3nc[nH]c3c(=O)[nH]2)c1. The van der Waals surface area contributed by atoms with Gasteiger partial charge in [0.15, 0.2) is 16.3 Å². The molecule has 8 heteroatoms. The number of amides is 1. The predicted molar refractivity (Wildman–Crippen MR) is 88.3 cm³/mol. The van der Waals surface area contributed by atoms with Crippen LogP contribution < -0.4 is 10.9 Å². The van der Waals surface area contributed by atoms with Crippen LogP contribution in [0.2, 0.25) is 0 Å². The van der Waals surface area contributed by atoms with Gasteiger partial charge in [0.1, 0.15) is 0 Å². The molecule has 3 N–H and O–H groups in total. The minimum Gasteiger partial charge on any atom is -0.351 e. The zero-order chi connectivity index (χ0) is 16.2. The van der Waals surface area contributed by atoms with Crippen molar-refractivity contribution in [3.8, 4) is 0 Å². The second-order valence-corrected chi connectivity index (χ2v) is 5.99. The van der Waals surface area contributed by atoms with E-state index in [2.05, 4.69) is 25.3 Å². The van der Waals surface area contributed by atoms with Crippen LogP contribution in [0.5, 0.6) is 0 Å². The number of imidazole rings is 1. The van der Waals surface area contributed by atoms with Gasteiger partial charge in [0.25, 0.3) is 5.56 Å². The molecule has 3 rings (SSSR count). The van der Waals surface area contributed by atoms with E-state index >= 15 is 0 Å². The number of aromatic nitrogens is 4. The lowest BCUT2D eigenvalue weighted by Crippen LogP contribution is -2.24. The summed E-state index contributed by atoms with van der Waals surface area (Å²) in [4.78, 5) is 37.1. The Kier molecular flexibility index (Phi) is 4.42. The summed E-state index contributed by atoms with van der Waals surface area (Å²) in [5.74, 6) is 0.0475. The minimum atomic E-state index is -0.296. The summed E-state index contributed by atoms with van der Waals surface area (Å²) < 4.78 is 0. The number of benzene rings is 1. The Labute approximate surface area is 135 Å². The van der Waals surface area contributed by atoms with Crippen molar-refractivity contribution in [1.29, 1.82) is 0 Å². The molecule has 0 saturated carbocycles. The molecule has 0 bridgehead atoms. The largest absolute Gasteiger partial charge is 0.351 e. The maximum Gasteiger partial charge on any atom is 0.277 e. The Morgan fingerprint density at radius 3 is 3.09 bits per heavy atom. The van der Waals surface area contributed by atoms with Gasteiger partial charge in [-0.25, -0.2) is 9.97 Å². The van der Waals surface area contributed by atoms with Crippen molar-refractivity contribution < 1.29 is 4.79 Å². The third-order valence-corrected chi connectivity index (χ3v) is 4.06. The first kappa shape index (κ1) is 15.3. The fourth-order valence-corrected chi connectivity index (χ4v) is 2.78. The van der Waals surface area contributed by atoms with Gasteiger partial charge in [0.05, 0.1) is 12.1 Å². The molecule has 118 valence electrons. The number of nitrogens with zero attached hydrogens (tertiary/aromatic N) is 2. The average Bonchev–Trinajstić information content (AvgIpc) is 3.00. The van der Waals surface area contributed by atoms with Gasteiger partial charge in [-0.1, -0.05) is 41.6 Å². The Morgan fingerprint density at radius 2 is 2.26 bits per heavy atom. The Balaban J connectivity index is 1.56. The van der Waals surface area contributed by atoms with Crippen molar-refractivity contribution >= 4 is 28.8 Å². The maximum absolute atomic E-state index is 11.9. The monoisotopic (exact) mass is 329 g/mol. The molecule has 0 spiro atoms. The van der Waals surface area contributed by atoms with Crippen molar-refractivity contribution in [1.82, 2.24) is 25.3 Å². The van der Waals surface area contributed by atoms with E-state index in [-0.39, 0.29) is 17.2 Å². The molecule has 0 atom stereocenters. The van der Waals surface area contributed by atoms with Crippen LogP contribution in [0.25, 0.3) is 11.2 Å². The van der Waals surface area contributed by atoms with Crippen molar-refractivity contribution in [2.24, 2.45) is 0 Å². The molecule has 7 nitrogen and oxygen atoms in total. The molecule has 0 fully saturated rings. The lowest BCUT2D eigenvalue weighted by Gasteiger charge is -2.05. The molecule has 1 amide bonds. The normalized spacial score (nSPS) is 10.8. The third kappa shape index (κ3) is 3.78. The van der Waals surface area contributed by atoms with Crippen LogP contribution in [0.15, 0.2) is 40.5 Å². The van der Waals surface area contributed by atoms with E-state index in [1.54, 1.807) is 0 Å². The zero-order valence-electron chi connectivity index (χ0n) is 12.4. The molecule has 23 heavy (non-hydrogen) atoms. The number of fused-ring (bicyclic) bond motifs is 1. The lowest BCUT2D eigenvalue weighted by atomic mass is 10.1. The molecule has 0 radical (unpaired) electrons. The van der Waals surface area contributed by atoms with Crippen LogP contribution in [0, 0.1) is 6.92 Å². The molecular weight excluding hydrogens is 314 g/mol. The molecule has 0 aliphatic carbocycles. The number of hydrogen-bond acceptors (Lipinski definition) is 5. The molecule has 0 aliphatic rings. The molecular formula is C15H15N5O2S. The summed E-state index contributed by atoms with van der Waals surface area (Å²) >= 11 is 1.17. The van der Waals surface area contributed by atoms with Crippen molar-refractivity contribution in [2.75, 3.05) is 5.75 Å². The second kappa shape index (κ2) is 6.66. The summed E-state index contributed by atoms with van der Waals surface area (Å²) in [5.41, 5.74) is 2.58. The molecule has 0 saturated heterocycles. The molecule has 2 heterocycles. The van der Waals surface area contributed by atoms with E-state index in [0.29, 0.717) is 22.9 Å². The fraction of sp³-hybridized carbons (Fsp3) is 0.200. The molecule has 2 aromatic heterocycles. The number of H-pyrrole nitrogens is 2. The van der Waals surface area contributed by atoms with Crippen LogP contribution in [-0.4, -0.2) is 31.6 Å². The van der Waals surface area contributed by atoms with Gasteiger partial charge < -0.3 is 10.3 Å². The highest BCUT2D eigenvalue weighted by Crippen LogP contribution is 2.12. The summed E-state index contributed by atoms with van der Waals surface area (Å²) in [7, 11) is 0. The highest BCUT2D eigenvalue weighted by atomic mass is 32.2. The van der Waals surface area contributed by atoms with Crippen molar-refractivity contribution in [2.45, 2.75) is 18.6 Å². The number of nitrogens with one attached hydrogen (secondary N) is 3. The first-order chi connectivity index (χ1) is 11.1. The van der Waals surface area contributed by atoms with E-state index in [1.165, 1.54) is 18.1 Å². The second-order valence-electron chi connectivity index (χ2n) is 5.03. The molecule has 0 unspecified atom stereocenters. The van der Waals surface area contributed by atoms with E-state index in [1.807, 2.05) is 31.2 Å². The number of aryl methyl sites for hydroxylation is 1. The van der Waals surface area contributed by atoms with Crippen molar-refractivity contribution in [3.05, 3.63) is 52.1 Å². The average molecular weight is 329 g/mol. The summed E-state index contributed by atoms with van der Waals surface area (Å²) in [5, 5.41) is 3.22. The fourth-order valence-electron chi connectivity index (χ4n) is 2.10. The molecule has 1 aromatic carbocycles. The minimum absolute atomic E-state index is 0.124. The van der Waals surface area contributed by atoms with E-state index in [9.17, 15) is 9.59 Å². The van der Waals surface area contributed by atoms with Gasteiger partial charge in [0.2, 0.25) is 5.91 Å². The topological polar surface area (TPSA) is 104 Å². The molecule has 3 aromatic rings. The lowest BCUT2D eigenvalue weighted by molar-refractivity contribution is -0.118. The van der Waals surface area contributed by atoms with Gasteiger partial charge in [-0.2, -0.15) is 0 Å². The van der Waals surface area contributed by atoms with Crippen molar-refractivity contribution in [3.63, 3.8) is 0 Å². The summed E-state index contributed by atoms with van der Waals surface area (Å²) in [6.07, 6.45) is 1.41. The van der Waals surface area contributed by atoms with Crippen LogP contribution in [0.3, 0.4) is 0 Å². The third-order valence-electron chi connectivity index (χ3n) is 3.19. The van der Waals surface area contributed by atoms with Crippen LogP contribution in [0.4, 0.5) is 0 Å². The van der Waals surface area contributed by atoms with Gasteiger partial charge in [-0.15, -0.1) is 0 Å². The number of rotatable bonds is 5. The number of thioether (sulfide) groups is 1. The zero-order valence-corrected chi connectivity index (χ0v) is 13.2. The van der Waals surface area contributed by atoms with Crippen LogP contribution >= 0.6 is 11.8 Å². The van der Waals surface area contributed by atoms with Gasteiger partial charge in [-0.3, -0.25) is 14.6 Å². The van der Waals surface area contributed by atoms with E-state index in [4.69, 9.17) is 0 Å². The van der Waals surface area contributed by atoms with Crippen LogP contribution in [0.1, 0.15) is 11.1 Å². The first-order valence-corrected chi connectivity index (χ1v) is 7.99. The summed E-state index contributed by atoms with van der Waals surface area (Å²) in [6.45, 7) is 2.48. The number of aromatic amines is 2.